The van der Waals surface area contributed by atoms with Gasteiger partial charge in [0.2, 0.25) is 5.79 Å². The maximum atomic E-state index is 10.0. The number of rotatable bonds is 2. The van der Waals surface area contributed by atoms with Crippen LogP contribution in [0.3, 0.4) is 0 Å². The molecule has 0 atom stereocenters. The molecule has 0 spiro atoms. The lowest BCUT2D eigenvalue weighted by atomic mass is 10.2. The summed E-state index contributed by atoms with van der Waals surface area (Å²) in [6, 6.07) is 1.49. The lowest BCUT2D eigenvalue weighted by molar-refractivity contribution is -0.173. The highest BCUT2D eigenvalue weighted by Crippen LogP contribution is 2.17. The summed E-state index contributed by atoms with van der Waals surface area (Å²) in [5.41, 5.74) is 0.215. The zero-order valence-electron chi connectivity index (χ0n) is 5.02. The van der Waals surface area contributed by atoms with Crippen molar-refractivity contribution in [2.45, 2.75) is 5.79 Å². The van der Waals surface area contributed by atoms with E-state index in [2.05, 4.69) is 0 Å². The van der Waals surface area contributed by atoms with E-state index in [0.29, 0.717) is 0 Å². The number of hydrogen-bond acceptors (Lipinski definition) is 4. The van der Waals surface area contributed by atoms with Gasteiger partial charge in [-0.1, -0.05) is 0 Å². The van der Waals surface area contributed by atoms with Crippen LogP contribution in [0.5, 0.6) is 0 Å². The smallest absolute Gasteiger partial charge is 0.249 e. The summed E-state index contributed by atoms with van der Waals surface area (Å²) in [7, 11) is 0. The zero-order valence-corrected chi connectivity index (χ0v) is 5.84. The van der Waals surface area contributed by atoms with E-state index >= 15 is 0 Å². The lowest BCUT2D eigenvalue weighted by Gasteiger charge is -2.10. The van der Waals surface area contributed by atoms with Gasteiger partial charge in [0.1, 0.15) is 0 Å². The second kappa shape index (κ2) is 2.49. The number of hydrogen-bond donors (Lipinski definition) is 2. The number of carbonyl (C=O) groups excluding carboxylic acids is 1. The predicted molar refractivity (Wildman–Crippen MR) is 36.5 cm³/mol. The van der Waals surface area contributed by atoms with E-state index in [1.54, 1.807) is 5.38 Å². The Hall–Kier alpha value is -0.710. The van der Waals surface area contributed by atoms with E-state index in [4.69, 9.17) is 10.2 Å². The predicted octanol–water partition coefficient (Wildman–Crippen LogP) is 0.0844. The second-order valence-corrected chi connectivity index (χ2v) is 2.64. The van der Waals surface area contributed by atoms with E-state index in [9.17, 15) is 4.79 Å². The average Bonchev–Trinajstić information content (AvgIpc) is 2.38. The quantitative estimate of drug-likeness (QED) is 0.473. The zero-order chi connectivity index (χ0) is 7.61. The fraction of sp³-hybridized carbons (Fsp3) is 0.167. The highest BCUT2D eigenvalue weighted by atomic mass is 32.1. The molecule has 10 heavy (non-hydrogen) atoms. The molecule has 0 bridgehead atoms. The van der Waals surface area contributed by atoms with E-state index in [1.165, 1.54) is 22.8 Å². The Balaban J connectivity index is 2.95. The van der Waals surface area contributed by atoms with Crippen molar-refractivity contribution in [1.82, 2.24) is 0 Å². The Morgan fingerprint density at radius 2 is 2.30 bits per heavy atom. The molecule has 0 amide bonds. The van der Waals surface area contributed by atoms with Crippen molar-refractivity contribution < 1.29 is 15.0 Å². The van der Waals surface area contributed by atoms with E-state index in [0.717, 1.165) is 0 Å². The molecule has 0 aliphatic heterocycles. The summed E-state index contributed by atoms with van der Waals surface area (Å²) in [6.45, 7) is 0. The molecule has 0 aromatic carbocycles. The molecule has 4 heteroatoms. The molecule has 0 saturated heterocycles. The van der Waals surface area contributed by atoms with Crippen LogP contribution in [0.25, 0.3) is 0 Å². The molecule has 0 saturated carbocycles. The average molecular weight is 158 g/mol. The van der Waals surface area contributed by atoms with Gasteiger partial charge < -0.3 is 10.2 Å². The second-order valence-electron chi connectivity index (χ2n) is 1.86. The lowest BCUT2D eigenvalue weighted by Crippen LogP contribution is -2.25. The molecule has 54 valence electrons. The van der Waals surface area contributed by atoms with Crippen LogP contribution < -0.4 is 0 Å². The van der Waals surface area contributed by atoms with Gasteiger partial charge in [-0.05, 0) is 16.8 Å². The molecule has 3 nitrogen and oxygen atoms in total. The number of thiophene rings is 1. The van der Waals surface area contributed by atoms with Gasteiger partial charge in [0.25, 0.3) is 0 Å². The standard InChI is InChI=1S/C6H6O3S/c7-4-6(8,9)5-1-2-10-3-5/h1-4,8-9H. The summed E-state index contributed by atoms with van der Waals surface area (Å²) in [5, 5.41) is 20.9. The van der Waals surface area contributed by atoms with Crippen molar-refractivity contribution in [3.8, 4) is 0 Å². The third-order valence-electron chi connectivity index (χ3n) is 1.11. The molecule has 2 N–H and O–H groups in total. The summed E-state index contributed by atoms with van der Waals surface area (Å²) in [6.07, 6.45) is 0.0923. The van der Waals surface area contributed by atoms with Gasteiger partial charge in [-0.3, -0.25) is 4.79 Å². The van der Waals surface area contributed by atoms with Crippen molar-refractivity contribution >= 4 is 17.6 Å². The molecule has 0 fully saturated rings. The first kappa shape index (κ1) is 7.40. The molecule has 1 rings (SSSR count). The molecule has 0 unspecified atom stereocenters. The van der Waals surface area contributed by atoms with Crippen LogP contribution in [-0.4, -0.2) is 16.5 Å². The summed E-state index contributed by atoms with van der Waals surface area (Å²) < 4.78 is 0. The highest BCUT2D eigenvalue weighted by molar-refractivity contribution is 7.08. The molecule has 1 aromatic heterocycles. The molecule has 0 aliphatic rings. The van der Waals surface area contributed by atoms with Crippen LogP contribution in [0.4, 0.5) is 0 Å². The fourth-order valence-corrected chi connectivity index (χ4v) is 1.24. The summed E-state index contributed by atoms with van der Waals surface area (Å²) in [4.78, 5) is 10.0. The Kier molecular flexibility index (Phi) is 1.85. The number of aldehydes is 1. The molecule has 1 heterocycles. The van der Waals surface area contributed by atoms with Gasteiger partial charge in [-0.25, -0.2) is 0 Å². The normalized spacial score (nSPS) is 11.4. The van der Waals surface area contributed by atoms with Gasteiger partial charge in [-0.15, -0.1) is 0 Å². The van der Waals surface area contributed by atoms with Gasteiger partial charge in [0, 0.05) is 5.56 Å². The highest BCUT2D eigenvalue weighted by Gasteiger charge is 2.24. The first-order valence-electron chi connectivity index (χ1n) is 2.60. The monoisotopic (exact) mass is 158 g/mol. The van der Waals surface area contributed by atoms with Gasteiger partial charge in [0.05, 0.1) is 0 Å². The Bertz CT molecular complexity index is 215. The van der Waals surface area contributed by atoms with Gasteiger partial charge in [0.15, 0.2) is 6.29 Å². The third-order valence-corrected chi connectivity index (χ3v) is 1.79. The van der Waals surface area contributed by atoms with Crippen LogP contribution in [0.1, 0.15) is 5.56 Å². The molecule has 1 aromatic rings. The first-order valence-corrected chi connectivity index (χ1v) is 3.55. The van der Waals surface area contributed by atoms with Crippen molar-refractivity contribution in [1.29, 1.82) is 0 Å². The molecular weight excluding hydrogens is 152 g/mol. The Labute approximate surface area is 61.6 Å². The summed E-state index contributed by atoms with van der Waals surface area (Å²) >= 11 is 1.30. The largest absolute Gasteiger partial charge is 0.356 e. The van der Waals surface area contributed by atoms with Crippen LogP contribution in [-0.2, 0) is 10.6 Å². The van der Waals surface area contributed by atoms with Gasteiger partial charge >= 0.3 is 0 Å². The van der Waals surface area contributed by atoms with Crippen molar-refractivity contribution in [2.75, 3.05) is 0 Å². The van der Waals surface area contributed by atoms with Crippen LogP contribution in [0.15, 0.2) is 16.8 Å². The van der Waals surface area contributed by atoms with Crippen molar-refractivity contribution in [3.05, 3.63) is 22.4 Å². The molecule has 0 aliphatic carbocycles. The Morgan fingerprint density at radius 3 is 2.70 bits per heavy atom. The minimum absolute atomic E-state index is 0.0923. The van der Waals surface area contributed by atoms with Crippen LogP contribution in [0, 0.1) is 0 Å². The van der Waals surface area contributed by atoms with E-state index in [-0.39, 0.29) is 11.8 Å². The van der Waals surface area contributed by atoms with Crippen molar-refractivity contribution in [3.63, 3.8) is 0 Å². The van der Waals surface area contributed by atoms with Crippen molar-refractivity contribution in [2.24, 2.45) is 0 Å². The molecular formula is C6H6O3S. The first-order chi connectivity index (χ1) is 4.67. The fourth-order valence-electron chi connectivity index (χ4n) is 0.542. The maximum absolute atomic E-state index is 10.0. The number of aliphatic hydroxyl groups is 2. The molecule has 0 radical (unpaired) electrons. The SMILES string of the molecule is O=CC(O)(O)c1ccsc1. The van der Waals surface area contributed by atoms with E-state index < -0.39 is 5.79 Å². The third kappa shape index (κ3) is 1.23. The van der Waals surface area contributed by atoms with Crippen LogP contribution in [0.2, 0.25) is 0 Å². The number of carbonyl (C=O) groups is 1. The minimum Gasteiger partial charge on any atom is -0.356 e. The van der Waals surface area contributed by atoms with Gasteiger partial charge in [-0.2, -0.15) is 11.3 Å². The van der Waals surface area contributed by atoms with E-state index in [1.807, 2.05) is 0 Å². The minimum atomic E-state index is -2.31. The maximum Gasteiger partial charge on any atom is 0.249 e. The topological polar surface area (TPSA) is 57.5 Å². The summed E-state index contributed by atoms with van der Waals surface area (Å²) in [5.74, 6) is -2.31. The van der Waals surface area contributed by atoms with Crippen LogP contribution >= 0.6 is 11.3 Å². The Morgan fingerprint density at radius 1 is 1.60 bits per heavy atom.